The standard InChI is InChI=1S/C12H19NO2/c1-13(11(14)15)12-5-8-2-9(6-12)4-10(3-8)7-12/h8-10H,2-7H2,1H3,(H,14,15). The minimum atomic E-state index is -0.739. The molecular formula is C12H19NO2. The summed E-state index contributed by atoms with van der Waals surface area (Å²) >= 11 is 0. The lowest BCUT2D eigenvalue weighted by molar-refractivity contribution is -0.0688. The first-order chi connectivity index (χ1) is 7.09. The van der Waals surface area contributed by atoms with E-state index in [9.17, 15) is 4.79 Å². The van der Waals surface area contributed by atoms with Gasteiger partial charge in [-0.1, -0.05) is 0 Å². The zero-order valence-electron chi connectivity index (χ0n) is 9.28. The Kier molecular flexibility index (Phi) is 1.83. The average molecular weight is 209 g/mol. The van der Waals surface area contributed by atoms with Gasteiger partial charge in [0.1, 0.15) is 0 Å². The summed E-state index contributed by atoms with van der Waals surface area (Å²) in [5, 5.41) is 9.17. The highest BCUT2D eigenvalue weighted by atomic mass is 16.4. The third-order valence-corrected chi connectivity index (χ3v) is 5.00. The number of carboxylic acid groups (broad SMARTS) is 1. The highest BCUT2D eigenvalue weighted by Gasteiger charge is 2.53. The smallest absolute Gasteiger partial charge is 0.407 e. The summed E-state index contributed by atoms with van der Waals surface area (Å²) in [6.07, 6.45) is 6.74. The first-order valence-corrected chi connectivity index (χ1v) is 6.06. The lowest BCUT2D eigenvalue weighted by Gasteiger charge is -2.59. The monoisotopic (exact) mass is 209 g/mol. The van der Waals surface area contributed by atoms with Gasteiger partial charge in [0.05, 0.1) is 0 Å². The van der Waals surface area contributed by atoms with E-state index >= 15 is 0 Å². The normalized spacial score (nSPS) is 46.9. The Hall–Kier alpha value is -0.730. The van der Waals surface area contributed by atoms with Gasteiger partial charge < -0.3 is 10.0 Å². The van der Waals surface area contributed by atoms with Crippen molar-refractivity contribution in [3.8, 4) is 0 Å². The molecule has 0 aromatic heterocycles. The number of amides is 1. The van der Waals surface area contributed by atoms with Crippen LogP contribution in [0.2, 0.25) is 0 Å². The lowest BCUT2D eigenvalue weighted by Crippen LogP contribution is -2.60. The molecule has 4 saturated carbocycles. The molecule has 4 fully saturated rings. The molecule has 4 rings (SSSR count). The molecule has 4 aliphatic rings. The van der Waals surface area contributed by atoms with Crippen LogP contribution in [-0.4, -0.2) is 28.7 Å². The molecule has 4 aliphatic carbocycles. The Morgan fingerprint density at radius 3 is 1.87 bits per heavy atom. The molecule has 0 spiro atoms. The fraction of sp³-hybridized carbons (Fsp3) is 0.917. The maximum absolute atomic E-state index is 11.1. The van der Waals surface area contributed by atoms with Gasteiger partial charge in [0.2, 0.25) is 0 Å². The maximum Gasteiger partial charge on any atom is 0.407 e. The van der Waals surface area contributed by atoms with Crippen LogP contribution >= 0.6 is 0 Å². The van der Waals surface area contributed by atoms with Crippen LogP contribution in [-0.2, 0) is 0 Å². The van der Waals surface area contributed by atoms with E-state index < -0.39 is 6.09 Å². The van der Waals surface area contributed by atoms with Gasteiger partial charge in [-0.2, -0.15) is 0 Å². The molecule has 84 valence electrons. The van der Waals surface area contributed by atoms with Crippen LogP contribution in [0.3, 0.4) is 0 Å². The molecule has 0 aromatic rings. The predicted octanol–water partition coefficient (Wildman–Crippen LogP) is 2.57. The van der Waals surface area contributed by atoms with E-state index in [1.807, 2.05) is 0 Å². The Morgan fingerprint density at radius 1 is 1.13 bits per heavy atom. The molecule has 0 heterocycles. The van der Waals surface area contributed by atoms with Crippen molar-refractivity contribution in [3.05, 3.63) is 0 Å². The van der Waals surface area contributed by atoms with E-state index in [1.165, 1.54) is 19.3 Å². The molecule has 0 aromatic carbocycles. The molecule has 0 saturated heterocycles. The highest BCUT2D eigenvalue weighted by molar-refractivity contribution is 5.66. The van der Waals surface area contributed by atoms with E-state index in [0.717, 1.165) is 37.0 Å². The minimum Gasteiger partial charge on any atom is -0.465 e. The quantitative estimate of drug-likeness (QED) is 0.721. The fourth-order valence-corrected chi connectivity index (χ4v) is 4.68. The first-order valence-electron chi connectivity index (χ1n) is 6.06. The van der Waals surface area contributed by atoms with Crippen molar-refractivity contribution in [1.29, 1.82) is 0 Å². The molecule has 3 heteroatoms. The van der Waals surface area contributed by atoms with Crippen LogP contribution in [0.4, 0.5) is 4.79 Å². The van der Waals surface area contributed by atoms with Crippen LogP contribution in [0.25, 0.3) is 0 Å². The van der Waals surface area contributed by atoms with Crippen LogP contribution in [0.5, 0.6) is 0 Å². The lowest BCUT2D eigenvalue weighted by atomic mass is 9.52. The summed E-state index contributed by atoms with van der Waals surface area (Å²) < 4.78 is 0. The van der Waals surface area contributed by atoms with Crippen molar-refractivity contribution < 1.29 is 9.90 Å². The zero-order valence-corrected chi connectivity index (χ0v) is 9.28. The Labute approximate surface area is 90.5 Å². The van der Waals surface area contributed by atoms with Gasteiger partial charge in [-0.15, -0.1) is 0 Å². The van der Waals surface area contributed by atoms with Gasteiger partial charge in [-0.25, -0.2) is 4.79 Å². The van der Waals surface area contributed by atoms with Crippen molar-refractivity contribution in [2.45, 2.75) is 44.1 Å². The third-order valence-electron chi connectivity index (χ3n) is 5.00. The zero-order chi connectivity index (χ0) is 10.6. The summed E-state index contributed by atoms with van der Waals surface area (Å²) in [7, 11) is 1.77. The Morgan fingerprint density at radius 2 is 1.53 bits per heavy atom. The first kappa shape index (κ1) is 9.49. The van der Waals surface area contributed by atoms with Crippen molar-refractivity contribution in [3.63, 3.8) is 0 Å². The molecule has 4 bridgehead atoms. The second-order valence-corrected chi connectivity index (χ2v) is 5.98. The van der Waals surface area contributed by atoms with Crippen molar-refractivity contribution >= 4 is 6.09 Å². The van der Waals surface area contributed by atoms with E-state index in [0.29, 0.717) is 0 Å². The van der Waals surface area contributed by atoms with Gasteiger partial charge in [-0.3, -0.25) is 0 Å². The van der Waals surface area contributed by atoms with Crippen molar-refractivity contribution in [2.24, 2.45) is 17.8 Å². The summed E-state index contributed by atoms with van der Waals surface area (Å²) in [4.78, 5) is 12.8. The molecular weight excluding hydrogens is 190 g/mol. The summed E-state index contributed by atoms with van der Waals surface area (Å²) in [5.41, 5.74) is 0.0145. The second-order valence-electron chi connectivity index (χ2n) is 5.98. The molecule has 1 N–H and O–H groups in total. The van der Waals surface area contributed by atoms with Crippen LogP contribution in [0.1, 0.15) is 38.5 Å². The van der Waals surface area contributed by atoms with Gasteiger partial charge >= 0.3 is 6.09 Å². The van der Waals surface area contributed by atoms with E-state index in [2.05, 4.69) is 0 Å². The summed E-state index contributed by atoms with van der Waals surface area (Å²) in [6.45, 7) is 0. The largest absolute Gasteiger partial charge is 0.465 e. The van der Waals surface area contributed by atoms with Gasteiger partial charge in [0.15, 0.2) is 0 Å². The molecule has 15 heavy (non-hydrogen) atoms. The van der Waals surface area contributed by atoms with Crippen LogP contribution in [0, 0.1) is 17.8 Å². The molecule has 0 radical (unpaired) electrons. The third kappa shape index (κ3) is 1.28. The Balaban J connectivity index is 1.89. The number of nitrogens with zero attached hydrogens (tertiary/aromatic N) is 1. The molecule has 1 amide bonds. The number of hydrogen-bond acceptors (Lipinski definition) is 1. The molecule has 0 aliphatic heterocycles. The topological polar surface area (TPSA) is 40.5 Å². The Bertz CT molecular complexity index is 265. The van der Waals surface area contributed by atoms with Gasteiger partial charge in [0.25, 0.3) is 0 Å². The van der Waals surface area contributed by atoms with Gasteiger partial charge in [0, 0.05) is 12.6 Å². The molecule has 3 nitrogen and oxygen atoms in total. The molecule has 0 atom stereocenters. The SMILES string of the molecule is CN(C(=O)O)C12CC3CC(CC(C3)C1)C2. The summed E-state index contributed by atoms with van der Waals surface area (Å²) in [5.74, 6) is 2.45. The second kappa shape index (κ2) is 2.89. The van der Waals surface area contributed by atoms with E-state index in [1.54, 1.807) is 11.9 Å². The highest BCUT2D eigenvalue weighted by Crippen LogP contribution is 2.57. The predicted molar refractivity (Wildman–Crippen MR) is 56.7 cm³/mol. The van der Waals surface area contributed by atoms with E-state index in [-0.39, 0.29) is 5.54 Å². The maximum atomic E-state index is 11.1. The number of carbonyl (C=O) groups is 1. The number of rotatable bonds is 1. The van der Waals surface area contributed by atoms with Crippen molar-refractivity contribution in [2.75, 3.05) is 7.05 Å². The van der Waals surface area contributed by atoms with Gasteiger partial charge in [-0.05, 0) is 56.3 Å². The fourth-order valence-electron chi connectivity index (χ4n) is 4.68. The number of hydrogen-bond donors (Lipinski definition) is 1. The summed E-state index contributed by atoms with van der Waals surface area (Å²) in [6, 6.07) is 0. The van der Waals surface area contributed by atoms with Crippen molar-refractivity contribution in [1.82, 2.24) is 4.90 Å². The van der Waals surface area contributed by atoms with E-state index in [4.69, 9.17) is 5.11 Å². The van der Waals surface area contributed by atoms with Crippen LogP contribution in [0.15, 0.2) is 0 Å². The van der Waals surface area contributed by atoms with Crippen LogP contribution < -0.4 is 0 Å². The molecule has 0 unspecified atom stereocenters. The average Bonchev–Trinajstić information content (AvgIpc) is 2.14. The minimum absolute atomic E-state index is 0.0145.